The highest BCUT2D eigenvalue weighted by atomic mass is 35.5. The van der Waals surface area contributed by atoms with Crippen LogP contribution in [0.5, 0.6) is 0 Å². The standard InChI is InChI=1S/C7H8ClNS/c8-6-3-5(4-10)1-2-7(6)9/h1-3,10H,4,9H2. The van der Waals surface area contributed by atoms with Crippen molar-refractivity contribution in [2.75, 3.05) is 5.73 Å². The lowest BCUT2D eigenvalue weighted by Crippen LogP contribution is -1.86. The zero-order valence-electron chi connectivity index (χ0n) is 5.34. The van der Waals surface area contributed by atoms with E-state index in [9.17, 15) is 0 Å². The molecule has 1 rings (SSSR count). The molecule has 3 heteroatoms. The first-order valence-corrected chi connectivity index (χ1v) is 3.90. The minimum atomic E-state index is 0.603. The van der Waals surface area contributed by atoms with E-state index in [-0.39, 0.29) is 0 Å². The first kappa shape index (κ1) is 7.76. The maximum atomic E-state index is 5.73. The third-order valence-corrected chi connectivity index (χ3v) is 1.94. The molecule has 0 spiro atoms. The first-order valence-electron chi connectivity index (χ1n) is 2.89. The molecule has 1 aromatic rings. The van der Waals surface area contributed by atoms with Gasteiger partial charge in [0.1, 0.15) is 0 Å². The fourth-order valence-electron chi connectivity index (χ4n) is 0.669. The molecule has 0 fully saturated rings. The molecule has 54 valence electrons. The summed E-state index contributed by atoms with van der Waals surface area (Å²) in [5.74, 6) is 0.694. The Morgan fingerprint density at radius 2 is 2.20 bits per heavy atom. The number of anilines is 1. The van der Waals surface area contributed by atoms with E-state index in [4.69, 9.17) is 17.3 Å². The summed E-state index contributed by atoms with van der Waals surface area (Å²) in [6.07, 6.45) is 0. The molecule has 2 N–H and O–H groups in total. The topological polar surface area (TPSA) is 26.0 Å². The SMILES string of the molecule is Nc1ccc(CS)cc1Cl. The van der Waals surface area contributed by atoms with E-state index < -0.39 is 0 Å². The molecule has 0 atom stereocenters. The molecule has 0 aliphatic heterocycles. The molecule has 0 heterocycles. The maximum absolute atomic E-state index is 5.73. The summed E-state index contributed by atoms with van der Waals surface area (Å²) < 4.78 is 0. The van der Waals surface area contributed by atoms with E-state index in [0.29, 0.717) is 16.5 Å². The molecule has 0 amide bonds. The van der Waals surface area contributed by atoms with E-state index in [1.165, 1.54) is 0 Å². The zero-order chi connectivity index (χ0) is 7.56. The van der Waals surface area contributed by atoms with Gasteiger partial charge in [0.2, 0.25) is 0 Å². The first-order chi connectivity index (χ1) is 4.74. The highest BCUT2D eigenvalue weighted by Gasteiger charge is 1.95. The lowest BCUT2D eigenvalue weighted by molar-refractivity contribution is 1.43. The predicted octanol–water partition coefficient (Wildman–Crippen LogP) is 2.35. The van der Waals surface area contributed by atoms with Crippen LogP contribution in [0.25, 0.3) is 0 Å². The number of thiol groups is 1. The monoisotopic (exact) mass is 173 g/mol. The Morgan fingerprint density at radius 1 is 1.50 bits per heavy atom. The van der Waals surface area contributed by atoms with Crippen LogP contribution in [0.2, 0.25) is 5.02 Å². The van der Waals surface area contributed by atoms with Crippen molar-refractivity contribution in [2.45, 2.75) is 5.75 Å². The number of benzene rings is 1. The molecule has 0 radical (unpaired) electrons. The Morgan fingerprint density at radius 3 is 2.70 bits per heavy atom. The van der Waals surface area contributed by atoms with Gasteiger partial charge in [0.15, 0.2) is 0 Å². The van der Waals surface area contributed by atoms with Gasteiger partial charge in [-0.3, -0.25) is 0 Å². The van der Waals surface area contributed by atoms with Gasteiger partial charge in [0.05, 0.1) is 10.7 Å². The molecule has 10 heavy (non-hydrogen) atoms. The second kappa shape index (κ2) is 3.17. The third-order valence-electron chi connectivity index (χ3n) is 1.25. The average Bonchev–Trinajstić information content (AvgIpc) is 1.95. The Balaban J connectivity index is 3.04. The van der Waals surface area contributed by atoms with Gasteiger partial charge in [0, 0.05) is 5.75 Å². The number of nitrogens with two attached hydrogens (primary N) is 1. The zero-order valence-corrected chi connectivity index (χ0v) is 6.99. The van der Waals surface area contributed by atoms with Crippen LogP contribution in [0.3, 0.4) is 0 Å². The second-order valence-electron chi connectivity index (χ2n) is 2.01. The Bertz CT molecular complexity index is 237. The van der Waals surface area contributed by atoms with Crippen molar-refractivity contribution in [3.05, 3.63) is 28.8 Å². The number of hydrogen-bond donors (Lipinski definition) is 2. The summed E-state index contributed by atoms with van der Waals surface area (Å²) in [4.78, 5) is 0. The van der Waals surface area contributed by atoms with Crippen LogP contribution in [-0.4, -0.2) is 0 Å². The number of hydrogen-bond acceptors (Lipinski definition) is 2. The lowest BCUT2D eigenvalue weighted by Gasteiger charge is -1.98. The minimum Gasteiger partial charge on any atom is -0.398 e. The molecule has 0 saturated carbocycles. The largest absolute Gasteiger partial charge is 0.398 e. The van der Waals surface area contributed by atoms with Crippen LogP contribution < -0.4 is 5.73 Å². The molecule has 0 unspecified atom stereocenters. The Labute approximate surface area is 70.6 Å². The predicted molar refractivity (Wildman–Crippen MR) is 48.6 cm³/mol. The van der Waals surface area contributed by atoms with Gasteiger partial charge in [-0.05, 0) is 17.7 Å². The van der Waals surface area contributed by atoms with Gasteiger partial charge in [-0.2, -0.15) is 12.6 Å². The van der Waals surface area contributed by atoms with Crippen molar-refractivity contribution in [3.63, 3.8) is 0 Å². The van der Waals surface area contributed by atoms with Crippen molar-refractivity contribution in [1.29, 1.82) is 0 Å². The van der Waals surface area contributed by atoms with Gasteiger partial charge in [-0.15, -0.1) is 0 Å². The molecule has 0 aliphatic carbocycles. The van der Waals surface area contributed by atoms with E-state index >= 15 is 0 Å². The summed E-state index contributed by atoms with van der Waals surface area (Å²) in [6.45, 7) is 0. The molecule has 0 saturated heterocycles. The minimum absolute atomic E-state index is 0.603. The molecular formula is C7H8ClNS. The molecule has 0 aromatic heterocycles. The van der Waals surface area contributed by atoms with Gasteiger partial charge < -0.3 is 5.73 Å². The van der Waals surface area contributed by atoms with E-state index in [1.54, 1.807) is 6.07 Å². The van der Waals surface area contributed by atoms with Crippen LogP contribution in [0.4, 0.5) is 5.69 Å². The van der Waals surface area contributed by atoms with Crippen LogP contribution >= 0.6 is 24.2 Å². The van der Waals surface area contributed by atoms with Gasteiger partial charge in [-0.1, -0.05) is 17.7 Å². The average molecular weight is 174 g/mol. The fraction of sp³-hybridized carbons (Fsp3) is 0.143. The van der Waals surface area contributed by atoms with Crippen molar-refractivity contribution < 1.29 is 0 Å². The van der Waals surface area contributed by atoms with Crippen molar-refractivity contribution >= 4 is 29.9 Å². The highest BCUT2D eigenvalue weighted by Crippen LogP contribution is 2.20. The number of halogens is 1. The molecular weight excluding hydrogens is 166 g/mol. The van der Waals surface area contributed by atoms with E-state index in [0.717, 1.165) is 5.56 Å². The van der Waals surface area contributed by atoms with Crippen LogP contribution in [0, 0.1) is 0 Å². The molecule has 1 aromatic carbocycles. The maximum Gasteiger partial charge on any atom is 0.0638 e. The Kier molecular flexibility index (Phi) is 2.46. The summed E-state index contributed by atoms with van der Waals surface area (Å²) in [5.41, 5.74) is 7.19. The van der Waals surface area contributed by atoms with Crippen molar-refractivity contribution in [2.24, 2.45) is 0 Å². The van der Waals surface area contributed by atoms with Gasteiger partial charge >= 0.3 is 0 Å². The summed E-state index contributed by atoms with van der Waals surface area (Å²) >= 11 is 9.83. The van der Waals surface area contributed by atoms with Crippen LogP contribution in [0.15, 0.2) is 18.2 Å². The quantitative estimate of drug-likeness (QED) is 0.495. The summed E-state index contributed by atoms with van der Waals surface area (Å²) in [5, 5.41) is 0.603. The fourth-order valence-corrected chi connectivity index (χ4v) is 1.07. The molecule has 1 nitrogen and oxygen atoms in total. The smallest absolute Gasteiger partial charge is 0.0638 e. The third kappa shape index (κ3) is 1.58. The van der Waals surface area contributed by atoms with E-state index in [2.05, 4.69) is 12.6 Å². The second-order valence-corrected chi connectivity index (χ2v) is 2.74. The number of rotatable bonds is 1. The normalized spacial score (nSPS) is 9.80. The van der Waals surface area contributed by atoms with Gasteiger partial charge in [-0.25, -0.2) is 0 Å². The van der Waals surface area contributed by atoms with E-state index in [1.807, 2.05) is 12.1 Å². The van der Waals surface area contributed by atoms with Gasteiger partial charge in [0.25, 0.3) is 0 Å². The number of nitrogen functional groups attached to an aromatic ring is 1. The molecule has 0 aliphatic rings. The van der Waals surface area contributed by atoms with Crippen LogP contribution in [0.1, 0.15) is 5.56 Å². The highest BCUT2D eigenvalue weighted by molar-refractivity contribution is 7.79. The Hall–Kier alpha value is -0.340. The summed E-state index contributed by atoms with van der Waals surface area (Å²) in [6, 6.07) is 5.52. The lowest BCUT2D eigenvalue weighted by atomic mass is 10.2. The van der Waals surface area contributed by atoms with Crippen LogP contribution in [-0.2, 0) is 5.75 Å². The van der Waals surface area contributed by atoms with Crippen molar-refractivity contribution in [1.82, 2.24) is 0 Å². The van der Waals surface area contributed by atoms with Crippen molar-refractivity contribution in [3.8, 4) is 0 Å². The summed E-state index contributed by atoms with van der Waals surface area (Å²) in [7, 11) is 0. The molecule has 0 bridgehead atoms.